The number of alkyl carbamates (subject to hydrolysis) is 1. The Morgan fingerprint density at radius 3 is 2.21 bits per heavy atom. The lowest BCUT2D eigenvalue weighted by Crippen LogP contribution is -2.50. The van der Waals surface area contributed by atoms with Crippen LogP contribution in [0.1, 0.15) is 124 Å². The van der Waals surface area contributed by atoms with Crippen LogP contribution in [0.15, 0.2) is 0 Å². The van der Waals surface area contributed by atoms with Gasteiger partial charge in [-0.2, -0.15) is 0 Å². The number of ether oxygens (including phenoxy) is 1. The summed E-state index contributed by atoms with van der Waals surface area (Å²) in [6.45, 7) is 7.86. The zero-order valence-electron chi connectivity index (χ0n) is 24.6. The molecule has 0 heterocycles. The summed E-state index contributed by atoms with van der Waals surface area (Å²) >= 11 is 0. The predicted octanol–water partition coefficient (Wildman–Crippen LogP) is 4.43. The maximum absolute atomic E-state index is 12.9. The fraction of sp³-hybridized carbons (Fsp3) is 0.862. The predicted molar refractivity (Wildman–Crippen MR) is 150 cm³/mol. The summed E-state index contributed by atoms with van der Waals surface area (Å²) in [5.74, 6) is -1.75. The Kier molecular flexibility index (Phi) is 16.7. The Morgan fingerprint density at radius 2 is 1.59 bits per heavy atom. The number of hydrogen-bond donors (Lipinski definition) is 5. The first kappa shape index (κ1) is 34.7. The normalized spacial score (nSPS) is 16.5. The number of aliphatic hydroxyl groups is 1. The van der Waals surface area contributed by atoms with Crippen LogP contribution in [0.4, 0.5) is 4.79 Å². The Labute approximate surface area is 234 Å². The van der Waals surface area contributed by atoms with Gasteiger partial charge in [0, 0.05) is 13.0 Å². The van der Waals surface area contributed by atoms with Crippen molar-refractivity contribution >= 4 is 23.9 Å². The Bertz CT molecular complexity index is 748. The van der Waals surface area contributed by atoms with E-state index in [0.717, 1.165) is 57.8 Å². The number of rotatable bonds is 18. The lowest BCUT2D eigenvalue weighted by atomic mass is 9.83. The molecule has 10 heteroatoms. The number of carbonyl (C=O) groups is 4. The van der Waals surface area contributed by atoms with Gasteiger partial charge in [-0.25, -0.2) is 4.79 Å². The first-order valence-electron chi connectivity index (χ1n) is 14.9. The van der Waals surface area contributed by atoms with Crippen molar-refractivity contribution < 1.29 is 34.1 Å². The second kappa shape index (κ2) is 18.8. The summed E-state index contributed by atoms with van der Waals surface area (Å²) in [4.78, 5) is 49.2. The molecule has 0 aromatic rings. The van der Waals surface area contributed by atoms with Crippen molar-refractivity contribution in [3.63, 3.8) is 0 Å². The molecule has 0 aliphatic heterocycles. The number of carboxylic acids is 1. The summed E-state index contributed by atoms with van der Waals surface area (Å²) in [6, 6.07) is -1.70. The summed E-state index contributed by atoms with van der Waals surface area (Å²) < 4.78 is 5.37. The van der Waals surface area contributed by atoms with Crippen molar-refractivity contribution in [2.45, 2.75) is 148 Å². The fourth-order valence-electron chi connectivity index (χ4n) is 4.92. The second-order valence-electron chi connectivity index (χ2n) is 11.9. The molecule has 3 atom stereocenters. The molecule has 0 aromatic heterocycles. The minimum atomic E-state index is -1.19. The van der Waals surface area contributed by atoms with Gasteiger partial charge in [-0.3, -0.25) is 14.4 Å². The van der Waals surface area contributed by atoms with E-state index in [9.17, 15) is 24.3 Å². The van der Waals surface area contributed by atoms with Crippen molar-refractivity contribution in [1.82, 2.24) is 16.0 Å². The van der Waals surface area contributed by atoms with Gasteiger partial charge in [-0.1, -0.05) is 71.1 Å². The summed E-state index contributed by atoms with van der Waals surface area (Å²) in [6.07, 6.45) is 9.80. The van der Waals surface area contributed by atoms with Gasteiger partial charge in [0.15, 0.2) is 0 Å². The lowest BCUT2D eigenvalue weighted by Gasteiger charge is -2.31. The zero-order chi connectivity index (χ0) is 29.3. The maximum Gasteiger partial charge on any atom is 0.407 e. The molecule has 5 N–H and O–H groups in total. The number of carbonyl (C=O) groups excluding carboxylic acids is 3. The first-order valence-corrected chi connectivity index (χ1v) is 14.9. The van der Waals surface area contributed by atoms with E-state index in [-0.39, 0.29) is 19.3 Å². The second-order valence-corrected chi connectivity index (χ2v) is 11.9. The average Bonchev–Trinajstić information content (AvgIpc) is 2.84. The van der Waals surface area contributed by atoms with Crippen LogP contribution in [0.5, 0.6) is 0 Å². The molecule has 0 radical (unpaired) electrons. The molecule has 0 bridgehead atoms. The van der Waals surface area contributed by atoms with Gasteiger partial charge in [0.05, 0.1) is 18.6 Å². The summed E-state index contributed by atoms with van der Waals surface area (Å²) in [5.41, 5.74) is -0.706. The molecule has 0 spiro atoms. The highest BCUT2D eigenvalue weighted by molar-refractivity contribution is 5.88. The molecule has 1 fully saturated rings. The lowest BCUT2D eigenvalue weighted by molar-refractivity contribution is -0.138. The smallest absolute Gasteiger partial charge is 0.407 e. The standard InChI is InChI=1S/C29H53N3O7/c1-5-6-7-8-9-13-18-30-27(37)22(16-17-26(35)36)31-25(34)20-24(33)23(19-21-14-11-10-12-15-21)32-28(38)39-29(2,3)4/h21-24,33H,5-20H2,1-4H3,(H,30,37)(H,31,34)(H,32,38)(H,35,36)/t22-,23-,24-/m0/s1. The van der Waals surface area contributed by atoms with Crippen LogP contribution in [0.2, 0.25) is 0 Å². The SMILES string of the molecule is CCCCCCCCNC(=O)[C@H](CCC(=O)O)NC(=O)C[C@H](O)[C@H](CC1CCCCC1)NC(=O)OC(C)(C)C. The molecule has 10 nitrogen and oxygen atoms in total. The van der Waals surface area contributed by atoms with E-state index in [1.54, 1.807) is 20.8 Å². The largest absolute Gasteiger partial charge is 0.481 e. The van der Waals surface area contributed by atoms with Gasteiger partial charge >= 0.3 is 12.1 Å². The quantitative estimate of drug-likeness (QED) is 0.157. The van der Waals surface area contributed by atoms with Gasteiger partial charge in [-0.15, -0.1) is 0 Å². The van der Waals surface area contributed by atoms with E-state index in [1.807, 2.05) is 0 Å². The minimum absolute atomic E-state index is 0.0544. The summed E-state index contributed by atoms with van der Waals surface area (Å²) in [5, 5.41) is 28.2. The van der Waals surface area contributed by atoms with E-state index in [2.05, 4.69) is 22.9 Å². The molecule has 226 valence electrons. The molecule has 3 amide bonds. The van der Waals surface area contributed by atoms with E-state index in [0.29, 0.717) is 18.9 Å². The molecule has 1 saturated carbocycles. The number of carboxylic acid groups (broad SMARTS) is 1. The third kappa shape index (κ3) is 17.0. The van der Waals surface area contributed by atoms with Crippen LogP contribution in [-0.4, -0.2) is 64.4 Å². The van der Waals surface area contributed by atoms with Gasteiger partial charge in [-0.05, 0) is 46.0 Å². The Hall–Kier alpha value is -2.36. The monoisotopic (exact) mass is 555 g/mol. The fourth-order valence-corrected chi connectivity index (χ4v) is 4.92. The topological polar surface area (TPSA) is 154 Å². The molecule has 0 unspecified atom stereocenters. The van der Waals surface area contributed by atoms with Crippen LogP contribution in [0, 0.1) is 5.92 Å². The van der Waals surface area contributed by atoms with E-state index >= 15 is 0 Å². The molecule has 39 heavy (non-hydrogen) atoms. The molecular formula is C29H53N3O7. The zero-order valence-corrected chi connectivity index (χ0v) is 24.6. The number of aliphatic carboxylic acids is 1. The highest BCUT2D eigenvalue weighted by atomic mass is 16.6. The van der Waals surface area contributed by atoms with E-state index < -0.39 is 47.7 Å². The number of hydrogen-bond acceptors (Lipinski definition) is 6. The molecule has 1 aliphatic carbocycles. The Balaban J connectivity index is 2.73. The number of aliphatic hydroxyl groups excluding tert-OH is 1. The minimum Gasteiger partial charge on any atom is -0.481 e. The van der Waals surface area contributed by atoms with Crippen LogP contribution in [0.3, 0.4) is 0 Å². The van der Waals surface area contributed by atoms with Crippen molar-refractivity contribution in [1.29, 1.82) is 0 Å². The highest BCUT2D eigenvalue weighted by Gasteiger charge is 2.30. The van der Waals surface area contributed by atoms with Crippen molar-refractivity contribution in [3.05, 3.63) is 0 Å². The third-order valence-electron chi connectivity index (χ3n) is 7.00. The molecule has 0 saturated heterocycles. The molecule has 1 rings (SSSR count). The van der Waals surface area contributed by atoms with Crippen molar-refractivity contribution in [2.75, 3.05) is 6.54 Å². The first-order chi connectivity index (χ1) is 18.4. The molecular weight excluding hydrogens is 502 g/mol. The van der Waals surface area contributed by atoms with E-state index in [1.165, 1.54) is 12.8 Å². The molecule has 0 aromatic carbocycles. The van der Waals surface area contributed by atoms with Crippen molar-refractivity contribution in [2.24, 2.45) is 5.92 Å². The Morgan fingerprint density at radius 1 is 0.949 bits per heavy atom. The van der Waals surface area contributed by atoms with Gasteiger partial charge in [0.1, 0.15) is 11.6 Å². The number of unbranched alkanes of at least 4 members (excludes halogenated alkanes) is 5. The van der Waals surface area contributed by atoms with Crippen LogP contribution >= 0.6 is 0 Å². The van der Waals surface area contributed by atoms with E-state index in [4.69, 9.17) is 9.84 Å². The summed E-state index contributed by atoms with van der Waals surface area (Å²) in [7, 11) is 0. The number of nitrogens with one attached hydrogen (secondary N) is 3. The van der Waals surface area contributed by atoms with Crippen molar-refractivity contribution in [3.8, 4) is 0 Å². The van der Waals surface area contributed by atoms with Crippen LogP contribution < -0.4 is 16.0 Å². The number of amides is 3. The van der Waals surface area contributed by atoms with Crippen LogP contribution in [-0.2, 0) is 19.1 Å². The van der Waals surface area contributed by atoms with Gasteiger partial charge < -0.3 is 30.9 Å². The van der Waals surface area contributed by atoms with Crippen LogP contribution in [0.25, 0.3) is 0 Å². The highest BCUT2D eigenvalue weighted by Crippen LogP contribution is 2.28. The van der Waals surface area contributed by atoms with Gasteiger partial charge in [0.25, 0.3) is 0 Å². The van der Waals surface area contributed by atoms with Gasteiger partial charge in [0.2, 0.25) is 11.8 Å². The molecule has 1 aliphatic rings. The average molecular weight is 556 g/mol. The maximum atomic E-state index is 12.9. The third-order valence-corrected chi connectivity index (χ3v) is 7.00.